The molecule has 16 heavy (non-hydrogen) atoms. The van der Waals surface area contributed by atoms with Crippen LogP contribution >= 0.6 is 0 Å². The SMILES string of the molecule is CCC(NCCc1cccc(N)c1)C(=O)O. The van der Waals surface area contributed by atoms with Gasteiger partial charge in [0.25, 0.3) is 0 Å². The molecule has 1 aromatic carbocycles. The summed E-state index contributed by atoms with van der Waals surface area (Å²) in [4.78, 5) is 10.7. The third-order valence-corrected chi connectivity index (χ3v) is 2.46. The summed E-state index contributed by atoms with van der Waals surface area (Å²) in [5.41, 5.74) is 7.51. The number of hydrogen-bond acceptors (Lipinski definition) is 3. The van der Waals surface area contributed by atoms with Crippen LogP contribution in [0.3, 0.4) is 0 Å². The minimum Gasteiger partial charge on any atom is -0.480 e. The fourth-order valence-corrected chi connectivity index (χ4v) is 1.55. The summed E-state index contributed by atoms with van der Waals surface area (Å²) >= 11 is 0. The van der Waals surface area contributed by atoms with E-state index in [1.807, 2.05) is 31.2 Å². The highest BCUT2D eigenvalue weighted by Gasteiger charge is 2.12. The molecule has 0 aromatic heterocycles. The fraction of sp³-hybridized carbons (Fsp3) is 0.417. The topological polar surface area (TPSA) is 75.3 Å². The van der Waals surface area contributed by atoms with Crippen molar-refractivity contribution in [2.75, 3.05) is 12.3 Å². The molecule has 1 atom stereocenters. The third-order valence-electron chi connectivity index (χ3n) is 2.46. The second-order valence-corrected chi connectivity index (χ2v) is 3.75. The van der Waals surface area contributed by atoms with Crippen molar-refractivity contribution in [2.24, 2.45) is 0 Å². The Morgan fingerprint density at radius 3 is 2.88 bits per heavy atom. The van der Waals surface area contributed by atoms with E-state index in [2.05, 4.69) is 5.32 Å². The highest BCUT2D eigenvalue weighted by Crippen LogP contribution is 2.06. The Kier molecular flexibility index (Phi) is 4.79. The van der Waals surface area contributed by atoms with Gasteiger partial charge >= 0.3 is 5.97 Å². The Bertz CT molecular complexity index is 353. The van der Waals surface area contributed by atoms with Gasteiger partial charge in [-0.15, -0.1) is 0 Å². The zero-order valence-corrected chi connectivity index (χ0v) is 9.44. The summed E-state index contributed by atoms with van der Waals surface area (Å²) in [6, 6.07) is 7.17. The zero-order chi connectivity index (χ0) is 12.0. The molecule has 0 aliphatic carbocycles. The molecule has 88 valence electrons. The van der Waals surface area contributed by atoms with E-state index in [-0.39, 0.29) is 0 Å². The maximum Gasteiger partial charge on any atom is 0.320 e. The summed E-state index contributed by atoms with van der Waals surface area (Å²) in [7, 11) is 0. The average Bonchev–Trinajstić information content (AvgIpc) is 2.24. The number of aliphatic carboxylic acids is 1. The number of carboxylic acids is 1. The van der Waals surface area contributed by atoms with Gasteiger partial charge in [-0.05, 0) is 37.1 Å². The number of benzene rings is 1. The first-order chi connectivity index (χ1) is 7.63. The molecule has 1 aromatic rings. The molecule has 4 heteroatoms. The lowest BCUT2D eigenvalue weighted by Crippen LogP contribution is -2.37. The molecule has 0 saturated heterocycles. The molecule has 0 amide bonds. The van der Waals surface area contributed by atoms with Gasteiger partial charge in [-0.3, -0.25) is 4.79 Å². The highest BCUT2D eigenvalue weighted by atomic mass is 16.4. The largest absolute Gasteiger partial charge is 0.480 e. The molecule has 0 spiro atoms. The van der Waals surface area contributed by atoms with Gasteiger partial charge in [0.15, 0.2) is 0 Å². The molecular weight excluding hydrogens is 204 g/mol. The number of nitrogen functional groups attached to an aromatic ring is 1. The van der Waals surface area contributed by atoms with Crippen LogP contribution in [0.15, 0.2) is 24.3 Å². The van der Waals surface area contributed by atoms with Crippen molar-refractivity contribution in [3.05, 3.63) is 29.8 Å². The first-order valence-electron chi connectivity index (χ1n) is 5.44. The lowest BCUT2D eigenvalue weighted by molar-refractivity contribution is -0.139. The number of carboxylic acid groups (broad SMARTS) is 1. The van der Waals surface area contributed by atoms with E-state index in [1.165, 1.54) is 0 Å². The maximum absolute atomic E-state index is 10.7. The van der Waals surface area contributed by atoms with Crippen LogP contribution in [0.2, 0.25) is 0 Å². The molecule has 0 aliphatic rings. The predicted octanol–water partition coefficient (Wildman–Crippen LogP) is 1.26. The van der Waals surface area contributed by atoms with Gasteiger partial charge < -0.3 is 16.2 Å². The highest BCUT2D eigenvalue weighted by molar-refractivity contribution is 5.73. The molecule has 4 N–H and O–H groups in total. The van der Waals surface area contributed by atoms with Crippen LogP contribution in [0.25, 0.3) is 0 Å². The van der Waals surface area contributed by atoms with Crippen molar-refractivity contribution in [1.82, 2.24) is 5.32 Å². The minimum atomic E-state index is -0.796. The summed E-state index contributed by atoms with van der Waals surface area (Å²) in [6.07, 6.45) is 1.38. The normalized spacial score (nSPS) is 12.3. The van der Waals surface area contributed by atoms with Crippen molar-refractivity contribution in [1.29, 1.82) is 0 Å². The second-order valence-electron chi connectivity index (χ2n) is 3.75. The van der Waals surface area contributed by atoms with Crippen LogP contribution in [0.5, 0.6) is 0 Å². The van der Waals surface area contributed by atoms with Gasteiger partial charge in [0.05, 0.1) is 0 Å². The van der Waals surface area contributed by atoms with Crippen LogP contribution in [-0.2, 0) is 11.2 Å². The van der Waals surface area contributed by atoms with E-state index in [0.29, 0.717) is 13.0 Å². The molecule has 4 nitrogen and oxygen atoms in total. The first kappa shape index (κ1) is 12.5. The molecule has 0 aliphatic heterocycles. The van der Waals surface area contributed by atoms with Crippen molar-refractivity contribution < 1.29 is 9.90 Å². The van der Waals surface area contributed by atoms with Crippen LogP contribution < -0.4 is 11.1 Å². The van der Waals surface area contributed by atoms with Crippen molar-refractivity contribution in [2.45, 2.75) is 25.8 Å². The van der Waals surface area contributed by atoms with E-state index in [0.717, 1.165) is 17.7 Å². The van der Waals surface area contributed by atoms with Crippen LogP contribution in [-0.4, -0.2) is 23.7 Å². The summed E-state index contributed by atoms with van der Waals surface area (Å²) < 4.78 is 0. The van der Waals surface area contributed by atoms with E-state index in [4.69, 9.17) is 10.8 Å². The number of hydrogen-bond donors (Lipinski definition) is 3. The monoisotopic (exact) mass is 222 g/mol. The summed E-state index contributed by atoms with van der Waals surface area (Å²) in [6.45, 7) is 2.50. The Hall–Kier alpha value is -1.55. The van der Waals surface area contributed by atoms with Gasteiger partial charge in [0.1, 0.15) is 6.04 Å². The van der Waals surface area contributed by atoms with Crippen molar-refractivity contribution in [3.8, 4) is 0 Å². The van der Waals surface area contributed by atoms with Gasteiger partial charge in [-0.1, -0.05) is 19.1 Å². The molecule has 0 radical (unpaired) electrons. The van der Waals surface area contributed by atoms with Gasteiger partial charge in [-0.2, -0.15) is 0 Å². The maximum atomic E-state index is 10.7. The number of nitrogens with two attached hydrogens (primary N) is 1. The molecule has 0 heterocycles. The zero-order valence-electron chi connectivity index (χ0n) is 9.44. The number of nitrogens with one attached hydrogen (secondary N) is 1. The first-order valence-corrected chi connectivity index (χ1v) is 5.44. The minimum absolute atomic E-state index is 0.457. The Morgan fingerprint density at radius 1 is 1.56 bits per heavy atom. The lowest BCUT2D eigenvalue weighted by Gasteiger charge is -2.11. The molecule has 0 bridgehead atoms. The van der Waals surface area contributed by atoms with Gasteiger partial charge in [0.2, 0.25) is 0 Å². The van der Waals surface area contributed by atoms with E-state index in [9.17, 15) is 4.79 Å². The number of carbonyl (C=O) groups is 1. The quantitative estimate of drug-likeness (QED) is 0.633. The van der Waals surface area contributed by atoms with Crippen LogP contribution in [0.1, 0.15) is 18.9 Å². The average molecular weight is 222 g/mol. The van der Waals surface area contributed by atoms with Gasteiger partial charge in [-0.25, -0.2) is 0 Å². The Balaban J connectivity index is 2.38. The Morgan fingerprint density at radius 2 is 2.31 bits per heavy atom. The third kappa shape index (κ3) is 3.90. The van der Waals surface area contributed by atoms with E-state index in [1.54, 1.807) is 0 Å². The smallest absolute Gasteiger partial charge is 0.320 e. The molecule has 1 rings (SSSR count). The van der Waals surface area contributed by atoms with Crippen molar-refractivity contribution in [3.63, 3.8) is 0 Å². The van der Waals surface area contributed by atoms with Gasteiger partial charge in [0, 0.05) is 5.69 Å². The summed E-state index contributed by atoms with van der Waals surface area (Å²) in [5, 5.41) is 11.8. The van der Waals surface area contributed by atoms with E-state index >= 15 is 0 Å². The van der Waals surface area contributed by atoms with E-state index < -0.39 is 12.0 Å². The standard InChI is InChI=1S/C12H18N2O2/c1-2-11(12(15)16)14-7-6-9-4-3-5-10(13)8-9/h3-5,8,11,14H,2,6-7,13H2,1H3,(H,15,16). The fourth-order valence-electron chi connectivity index (χ4n) is 1.55. The predicted molar refractivity (Wildman–Crippen MR) is 64.3 cm³/mol. The molecule has 0 saturated carbocycles. The van der Waals surface area contributed by atoms with Crippen LogP contribution in [0.4, 0.5) is 5.69 Å². The van der Waals surface area contributed by atoms with Crippen molar-refractivity contribution >= 4 is 11.7 Å². The number of anilines is 1. The van der Waals surface area contributed by atoms with Crippen LogP contribution in [0, 0.1) is 0 Å². The number of rotatable bonds is 6. The lowest BCUT2D eigenvalue weighted by atomic mass is 10.1. The summed E-state index contributed by atoms with van der Waals surface area (Å²) in [5.74, 6) is -0.796. The molecule has 0 fully saturated rings. The molecular formula is C12H18N2O2. The molecule has 1 unspecified atom stereocenters. The second kappa shape index (κ2) is 6.12. The Labute approximate surface area is 95.5 Å².